The lowest BCUT2D eigenvalue weighted by Gasteiger charge is -2.30. The molecule has 1 aliphatic rings. The quantitative estimate of drug-likeness (QED) is 0.937. The van der Waals surface area contributed by atoms with Crippen molar-refractivity contribution in [2.45, 2.75) is 19.4 Å². The summed E-state index contributed by atoms with van der Waals surface area (Å²) in [6.07, 6.45) is 2.73. The number of nitrogens with zero attached hydrogens (tertiary/aromatic N) is 1. The minimum atomic E-state index is -0.293. The predicted molar refractivity (Wildman–Crippen MR) is 85.6 cm³/mol. The molecule has 0 atom stereocenters. The van der Waals surface area contributed by atoms with Crippen LogP contribution in [0.2, 0.25) is 0 Å². The maximum absolute atomic E-state index is 12.9. The predicted octanol–water partition coefficient (Wildman–Crippen LogP) is 2.59. The summed E-state index contributed by atoms with van der Waals surface area (Å²) in [5.74, 6) is -0.228. The maximum atomic E-state index is 12.9. The van der Waals surface area contributed by atoms with Crippen molar-refractivity contribution in [2.75, 3.05) is 13.1 Å². The van der Waals surface area contributed by atoms with E-state index in [4.69, 9.17) is 4.42 Å². The molecule has 1 aromatic heterocycles. The topological polar surface area (TPSA) is 62.6 Å². The van der Waals surface area contributed by atoms with Crippen LogP contribution < -0.4 is 5.32 Å². The fraction of sp³-hybridized carbons (Fsp3) is 0.333. The highest BCUT2D eigenvalue weighted by Gasteiger charge is 2.28. The third-order valence-corrected chi connectivity index (χ3v) is 4.26. The zero-order valence-electron chi connectivity index (χ0n) is 13.2. The van der Waals surface area contributed by atoms with Gasteiger partial charge in [-0.25, -0.2) is 4.39 Å². The fourth-order valence-corrected chi connectivity index (χ4v) is 2.84. The Morgan fingerprint density at radius 1 is 1.17 bits per heavy atom. The van der Waals surface area contributed by atoms with Crippen molar-refractivity contribution in [1.29, 1.82) is 0 Å². The number of furan rings is 1. The Balaban J connectivity index is 1.46. The first-order chi connectivity index (χ1) is 11.6. The molecule has 0 aliphatic carbocycles. The molecule has 2 heterocycles. The van der Waals surface area contributed by atoms with E-state index in [1.807, 2.05) is 0 Å². The van der Waals surface area contributed by atoms with Gasteiger partial charge in [0.05, 0.1) is 6.26 Å². The molecular formula is C18H19FN2O3. The normalized spacial score (nSPS) is 15.3. The van der Waals surface area contributed by atoms with Crippen LogP contribution in [-0.4, -0.2) is 29.8 Å². The molecule has 24 heavy (non-hydrogen) atoms. The van der Waals surface area contributed by atoms with Crippen molar-refractivity contribution in [3.05, 3.63) is 59.8 Å². The SMILES string of the molecule is O=C(NCc1ccc(F)cc1)C1CCN(C(=O)c2ccco2)CC1. The Labute approximate surface area is 139 Å². The summed E-state index contributed by atoms with van der Waals surface area (Å²) in [6, 6.07) is 9.38. The molecule has 1 fully saturated rings. The molecule has 0 bridgehead atoms. The van der Waals surface area contributed by atoms with Crippen molar-refractivity contribution < 1.29 is 18.4 Å². The highest BCUT2D eigenvalue weighted by Crippen LogP contribution is 2.19. The molecule has 1 saturated heterocycles. The molecule has 0 saturated carbocycles. The van der Waals surface area contributed by atoms with Gasteiger partial charge in [0.2, 0.25) is 5.91 Å². The molecule has 0 radical (unpaired) electrons. The third kappa shape index (κ3) is 3.82. The molecule has 126 valence electrons. The van der Waals surface area contributed by atoms with Gasteiger partial charge in [-0.2, -0.15) is 0 Å². The molecule has 1 aromatic carbocycles. The van der Waals surface area contributed by atoms with Gasteiger partial charge in [0.1, 0.15) is 5.82 Å². The van der Waals surface area contributed by atoms with Crippen molar-refractivity contribution in [3.63, 3.8) is 0 Å². The van der Waals surface area contributed by atoms with Crippen molar-refractivity contribution in [1.82, 2.24) is 10.2 Å². The van der Waals surface area contributed by atoms with Crippen LogP contribution >= 0.6 is 0 Å². The lowest BCUT2D eigenvalue weighted by atomic mass is 9.95. The molecule has 2 amide bonds. The average Bonchev–Trinajstić information content (AvgIpc) is 3.15. The molecule has 2 aromatic rings. The molecule has 6 heteroatoms. The number of amides is 2. The Kier molecular flexibility index (Phi) is 4.93. The number of carbonyl (C=O) groups excluding carboxylic acids is 2. The van der Waals surface area contributed by atoms with E-state index in [0.29, 0.717) is 38.2 Å². The Bertz CT molecular complexity index is 690. The smallest absolute Gasteiger partial charge is 0.289 e. The molecular weight excluding hydrogens is 311 g/mol. The average molecular weight is 330 g/mol. The Morgan fingerprint density at radius 3 is 2.50 bits per heavy atom. The number of rotatable bonds is 4. The minimum Gasteiger partial charge on any atom is -0.459 e. The van der Waals surface area contributed by atoms with Crippen LogP contribution in [0, 0.1) is 11.7 Å². The van der Waals surface area contributed by atoms with Crippen LogP contribution in [0.25, 0.3) is 0 Å². The van der Waals surface area contributed by atoms with E-state index < -0.39 is 0 Å². The third-order valence-electron chi connectivity index (χ3n) is 4.26. The number of hydrogen-bond acceptors (Lipinski definition) is 3. The zero-order chi connectivity index (χ0) is 16.9. The Hall–Kier alpha value is -2.63. The summed E-state index contributed by atoms with van der Waals surface area (Å²) in [5.41, 5.74) is 0.857. The van der Waals surface area contributed by atoms with Gasteiger partial charge in [0.25, 0.3) is 5.91 Å². The van der Waals surface area contributed by atoms with E-state index in [2.05, 4.69) is 5.32 Å². The molecule has 0 unspecified atom stereocenters. The summed E-state index contributed by atoms with van der Waals surface area (Å²) < 4.78 is 18.0. The van der Waals surface area contributed by atoms with Gasteiger partial charge in [-0.1, -0.05) is 12.1 Å². The van der Waals surface area contributed by atoms with Crippen molar-refractivity contribution in [2.24, 2.45) is 5.92 Å². The number of carbonyl (C=O) groups is 2. The number of piperidine rings is 1. The van der Waals surface area contributed by atoms with E-state index in [1.165, 1.54) is 18.4 Å². The summed E-state index contributed by atoms with van der Waals surface area (Å²) >= 11 is 0. The lowest BCUT2D eigenvalue weighted by Crippen LogP contribution is -2.42. The largest absolute Gasteiger partial charge is 0.459 e. The Morgan fingerprint density at radius 2 is 1.88 bits per heavy atom. The second-order valence-corrected chi connectivity index (χ2v) is 5.89. The highest BCUT2D eigenvalue weighted by atomic mass is 19.1. The highest BCUT2D eigenvalue weighted by molar-refractivity contribution is 5.91. The van der Waals surface area contributed by atoms with Gasteiger partial charge in [0.15, 0.2) is 5.76 Å². The van der Waals surface area contributed by atoms with Crippen LogP contribution in [0.15, 0.2) is 47.1 Å². The number of likely N-dealkylation sites (tertiary alicyclic amines) is 1. The van der Waals surface area contributed by atoms with Gasteiger partial charge in [-0.15, -0.1) is 0 Å². The second kappa shape index (κ2) is 7.29. The molecule has 1 aliphatic heterocycles. The van der Waals surface area contributed by atoms with E-state index in [9.17, 15) is 14.0 Å². The molecule has 0 spiro atoms. The monoisotopic (exact) mass is 330 g/mol. The standard InChI is InChI=1S/C18H19FN2O3/c19-15-5-3-13(4-6-15)12-20-17(22)14-7-9-21(10-8-14)18(23)16-2-1-11-24-16/h1-6,11,14H,7-10,12H2,(H,20,22). The van der Waals surface area contributed by atoms with Gasteiger partial charge in [-0.3, -0.25) is 9.59 Å². The van der Waals surface area contributed by atoms with E-state index in [1.54, 1.807) is 29.2 Å². The minimum absolute atomic E-state index is 0.0237. The lowest BCUT2D eigenvalue weighted by molar-refractivity contribution is -0.126. The molecule has 5 nitrogen and oxygen atoms in total. The van der Waals surface area contributed by atoms with Crippen LogP contribution in [0.4, 0.5) is 4.39 Å². The van der Waals surface area contributed by atoms with E-state index in [-0.39, 0.29) is 23.5 Å². The van der Waals surface area contributed by atoms with Crippen LogP contribution in [0.3, 0.4) is 0 Å². The number of halogens is 1. The summed E-state index contributed by atoms with van der Waals surface area (Å²) in [6.45, 7) is 1.45. The van der Waals surface area contributed by atoms with Crippen molar-refractivity contribution in [3.8, 4) is 0 Å². The van der Waals surface area contributed by atoms with Gasteiger partial charge >= 0.3 is 0 Å². The first kappa shape index (κ1) is 16.2. The summed E-state index contributed by atoms with van der Waals surface area (Å²) in [7, 11) is 0. The van der Waals surface area contributed by atoms with Crippen molar-refractivity contribution >= 4 is 11.8 Å². The van der Waals surface area contributed by atoms with Gasteiger partial charge < -0.3 is 14.6 Å². The summed E-state index contributed by atoms with van der Waals surface area (Å²) in [5, 5.41) is 2.88. The zero-order valence-corrected chi connectivity index (χ0v) is 13.2. The summed E-state index contributed by atoms with van der Waals surface area (Å²) in [4.78, 5) is 26.1. The number of nitrogens with one attached hydrogen (secondary N) is 1. The van der Waals surface area contributed by atoms with Crippen LogP contribution in [0.5, 0.6) is 0 Å². The van der Waals surface area contributed by atoms with E-state index in [0.717, 1.165) is 5.56 Å². The number of benzene rings is 1. The fourth-order valence-electron chi connectivity index (χ4n) is 2.84. The second-order valence-electron chi connectivity index (χ2n) is 5.89. The van der Waals surface area contributed by atoms with Gasteiger partial charge in [0, 0.05) is 25.6 Å². The molecule has 1 N–H and O–H groups in total. The van der Waals surface area contributed by atoms with Gasteiger partial charge in [-0.05, 0) is 42.7 Å². The van der Waals surface area contributed by atoms with E-state index >= 15 is 0 Å². The van der Waals surface area contributed by atoms with Crippen LogP contribution in [0.1, 0.15) is 29.0 Å². The van der Waals surface area contributed by atoms with Crippen LogP contribution in [-0.2, 0) is 11.3 Å². The first-order valence-electron chi connectivity index (χ1n) is 7.98. The molecule has 3 rings (SSSR count). The maximum Gasteiger partial charge on any atom is 0.289 e. The number of hydrogen-bond donors (Lipinski definition) is 1. The first-order valence-corrected chi connectivity index (χ1v) is 7.98.